The number of hydrogen-bond donors (Lipinski definition) is 3. The summed E-state index contributed by atoms with van der Waals surface area (Å²) in [6.07, 6.45) is 2.52. The number of aliphatic hydroxyl groups is 1. The second-order valence-corrected chi connectivity index (χ2v) is 6.80. The van der Waals surface area contributed by atoms with Gasteiger partial charge in [0, 0.05) is 44.1 Å². The lowest BCUT2D eigenvalue weighted by Crippen LogP contribution is -2.47. The fourth-order valence-electron chi connectivity index (χ4n) is 2.86. The molecule has 1 aliphatic rings. The minimum Gasteiger partial charge on any atom is -0.395 e. The van der Waals surface area contributed by atoms with Crippen molar-refractivity contribution in [2.24, 2.45) is 0 Å². The summed E-state index contributed by atoms with van der Waals surface area (Å²) < 4.78 is 0. The number of aliphatic hydroxyl groups excluding tert-OH is 1. The lowest BCUT2D eigenvalue weighted by molar-refractivity contribution is 0.188. The van der Waals surface area contributed by atoms with Gasteiger partial charge in [-0.25, -0.2) is 9.97 Å². The van der Waals surface area contributed by atoms with E-state index in [1.165, 1.54) is 4.88 Å². The summed E-state index contributed by atoms with van der Waals surface area (Å²) in [6.45, 7) is 5.25. The first-order valence-corrected chi connectivity index (χ1v) is 9.11. The number of anilines is 3. The zero-order valence-electron chi connectivity index (χ0n) is 13.7. The number of nitrogen functional groups attached to an aromatic ring is 1. The smallest absolute Gasteiger partial charge is 0.157 e. The minimum atomic E-state index is 0.202. The van der Waals surface area contributed by atoms with Gasteiger partial charge in [0.25, 0.3) is 0 Å². The molecule has 1 fully saturated rings. The number of piperazine rings is 1. The minimum absolute atomic E-state index is 0.202. The number of nitrogens with one attached hydrogen (secondary N) is 1. The molecule has 0 bridgehead atoms. The number of β-amino-alcohol motifs (C(OH)–C–C–N with tert-alkyl or cyclic N) is 1. The third-order valence-corrected chi connectivity index (χ3v) is 5.13. The monoisotopic (exact) mass is 348 g/mol. The van der Waals surface area contributed by atoms with Crippen LogP contribution in [0, 0.1) is 0 Å². The molecule has 2 aromatic heterocycles. The van der Waals surface area contributed by atoms with E-state index in [-0.39, 0.29) is 6.61 Å². The summed E-state index contributed by atoms with van der Waals surface area (Å²) in [4.78, 5) is 14.4. The van der Waals surface area contributed by atoms with Gasteiger partial charge in [0.1, 0.15) is 12.0 Å². The lowest BCUT2D eigenvalue weighted by Gasteiger charge is -2.35. The Morgan fingerprint density at radius 1 is 1.25 bits per heavy atom. The molecule has 130 valence electrons. The predicted molar refractivity (Wildman–Crippen MR) is 98.7 cm³/mol. The molecule has 4 N–H and O–H groups in total. The van der Waals surface area contributed by atoms with E-state index in [0.717, 1.165) is 51.5 Å². The topological polar surface area (TPSA) is 90.5 Å². The van der Waals surface area contributed by atoms with E-state index < -0.39 is 0 Å². The molecule has 0 amide bonds. The fraction of sp³-hybridized carbons (Fsp3) is 0.500. The highest BCUT2D eigenvalue weighted by atomic mass is 32.1. The van der Waals surface area contributed by atoms with E-state index in [1.807, 2.05) is 0 Å². The van der Waals surface area contributed by atoms with Gasteiger partial charge < -0.3 is 21.1 Å². The molecule has 8 heteroatoms. The second-order valence-electron chi connectivity index (χ2n) is 5.77. The van der Waals surface area contributed by atoms with Gasteiger partial charge >= 0.3 is 0 Å². The largest absolute Gasteiger partial charge is 0.395 e. The van der Waals surface area contributed by atoms with Crippen LogP contribution >= 0.6 is 11.3 Å². The zero-order valence-corrected chi connectivity index (χ0v) is 14.5. The molecular weight excluding hydrogens is 324 g/mol. The van der Waals surface area contributed by atoms with Crippen molar-refractivity contribution < 1.29 is 5.11 Å². The maximum absolute atomic E-state index is 9.03. The Balaban J connectivity index is 1.59. The Morgan fingerprint density at radius 2 is 2.08 bits per heavy atom. The molecule has 0 aliphatic carbocycles. The maximum atomic E-state index is 9.03. The maximum Gasteiger partial charge on any atom is 0.157 e. The summed E-state index contributed by atoms with van der Waals surface area (Å²) in [5, 5.41) is 14.4. The molecule has 3 rings (SSSR count). The van der Waals surface area contributed by atoms with Crippen LogP contribution in [0.2, 0.25) is 0 Å². The van der Waals surface area contributed by atoms with Crippen molar-refractivity contribution in [3.63, 3.8) is 0 Å². The molecule has 3 heterocycles. The van der Waals surface area contributed by atoms with Crippen molar-refractivity contribution in [1.82, 2.24) is 14.9 Å². The molecular formula is C16H24N6OS. The van der Waals surface area contributed by atoms with E-state index in [1.54, 1.807) is 17.7 Å². The van der Waals surface area contributed by atoms with Crippen molar-refractivity contribution in [3.8, 4) is 0 Å². The highest BCUT2D eigenvalue weighted by Gasteiger charge is 2.20. The van der Waals surface area contributed by atoms with Crippen LogP contribution in [0.3, 0.4) is 0 Å². The molecule has 1 saturated heterocycles. The summed E-state index contributed by atoms with van der Waals surface area (Å²) in [6, 6.07) is 4.20. The summed E-state index contributed by atoms with van der Waals surface area (Å²) >= 11 is 1.76. The van der Waals surface area contributed by atoms with Gasteiger partial charge in [-0.05, 0) is 17.9 Å². The average Bonchev–Trinajstić information content (AvgIpc) is 3.11. The van der Waals surface area contributed by atoms with Crippen LogP contribution in [0.15, 0.2) is 23.8 Å². The third kappa shape index (κ3) is 4.14. The second kappa shape index (κ2) is 8.27. The molecule has 0 spiro atoms. The summed E-state index contributed by atoms with van der Waals surface area (Å²) in [5.74, 6) is 1.50. The van der Waals surface area contributed by atoms with Gasteiger partial charge in [-0.3, -0.25) is 4.90 Å². The summed E-state index contributed by atoms with van der Waals surface area (Å²) in [5.41, 5.74) is 6.90. The van der Waals surface area contributed by atoms with Crippen LogP contribution in [-0.4, -0.2) is 65.8 Å². The van der Waals surface area contributed by atoms with Crippen LogP contribution in [0.5, 0.6) is 0 Å². The SMILES string of the molecule is Nc1c(NCCc2cccs2)ncnc1N1CCN(CCO)CC1. The molecule has 0 radical (unpaired) electrons. The first-order chi connectivity index (χ1) is 11.8. The standard InChI is InChI=1S/C16H24N6OS/c17-14-15(18-4-3-13-2-1-11-24-13)19-12-20-16(14)22-7-5-21(6-8-22)9-10-23/h1-2,11-12,23H,3-10,17H2,(H,18,19,20). The Kier molecular flexibility index (Phi) is 5.84. The Bertz CT molecular complexity index is 628. The number of aromatic nitrogens is 2. The van der Waals surface area contributed by atoms with Crippen molar-refractivity contribution in [1.29, 1.82) is 0 Å². The lowest BCUT2D eigenvalue weighted by atomic mass is 10.3. The van der Waals surface area contributed by atoms with E-state index >= 15 is 0 Å². The molecule has 0 saturated carbocycles. The van der Waals surface area contributed by atoms with Gasteiger partial charge in [-0.2, -0.15) is 0 Å². The van der Waals surface area contributed by atoms with Gasteiger partial charge in [0.15, 0.2) is 11.6 Å². The van der Waals surface area contributed by atoms with Crippen molar-refractivity contribution in [3.05, 3.63) is 28.7 Å². The van der Waals surface area contributed by atoms with Gasteiger partial charge in [0.05, 0.1) is 6.61 Å². The molecule has 0 unspecified atom stereocenters. The van der Waals surface area contributed by atoms with E-state index in [4.69, 9.17) is 10.8 Å². The van der Waals surface area contributed by atoms with Gasteiger partial charge in [-0.15, -0.1) is 11.3 Å². The van der Waals surface area contributed by atoms with Crippen molar-refractivity contribution in [2.75, 3.05) is 61.8 Å². The van der Waals surface area contributed by atoms with Crippen LogP contribution in [-0.2, 0) is 6.42 Å². The number of rotatable bonds is 7. The molecule has 0 aromatic carbocycles. The van der Waals surface area contributed by atoms with Crippen LogP contribution in [0.1, 0.15) is 4.88 Å². The normalized spacial score (nSPS) is 15.6. The van der Waals surface area contributed by atoms with Crippen LogP contribution in [0.25, 0.3) is 0 Å². The Labute approximate surface area is 146 Å². The van der Waals surface area contributed by atoms with Crippen LogP contribution in [0.4, 0.5) is 17.3 Å². The number of nitrogens with zero attached hydrogens (tertiary/aromatic N) is 4. The summed E-state index contributed by atoms with van der Waals surface area (Å²) in [7, 11) is 0. The van der Waals surface area contributed by atoms with Gasteiger partial charge in [0.2, 0.25) is 0 Å². The number of thiophene rings is 1. The molecule has 7 nitrogen and oxygen atoms in total. The third-order valence-electron chi connectivity index (χ3n) is 4.19. The number of hydrogen-bond acceptors (Lipinski definition) is 8. The van der Waals surface area contributed by atoms with Crippen molar-refractivity contribution >= 4 is 28.7 Å². The Morgan fingerprint density at radius 3 is 2.79 bits per heavy atom. The predicted octanol–water partition coefficient (Wildman–Crippen LogP) is 0.889. The van der Waals surface area contributed by atoms with Gasteiger partial charge in [-0.1, -0.05) is 6.07 Å². The van der Waals surface area contributed by atoms with Crippen molar-refractivity contribution in [2.45, 2.75) is 6.42 Å². The average molecular weight is 348 g/mol. The van der Waals surface area contributed by atoms with E-state index in [0.29, 0.717) is 11.5 Å². The number of nitrogens with two attached hydrogens (primary N) is 1. The first kappa shape index (κ1) is 16.9. The highest BCUT2D eigenvalue weighted by molar-refractivity contribution is 7.09. The molecule has 1 aliphatic heterocycles. The molecule has 24 heavy (non-hydrogen) atoms. The molecule has 0 atom stereocenters. The highest BCUT2D eigenvalue weighted by Crippen LogP contribution is 2.26. The molecule has 2 aromatic rings. The zero-order chi connectivity index (χ0) is 16.8. The fourth-order valence-corrected chi connectivity index (χ4v) is 3.57. The quantitative estimate of drug-likeness (QED) is 0.684. The van der Waals surface area contributed by atoms with Crippen LogP contribution < -0.4 is 16.0 Å². The van der Waals surface area contributed by atoms with E-state index in [9.17, 15) is 0 Å². The van der Waals surface area contributed by atoms with E-state index in [2.05, 4.69) is 42.6 Å². The first-order valence-electron chi connectivity index (χ1n) is 8.23. The Hall–Kier alpha value is -1.90.